The molecular weight excluding hydrogens is 168 g/mol. The first-order valence-corrected chi connectivity index (χ1v) is 2.55. The summed E-state index contributed by atoms with van der Waals surface area (Å²) in [6, 6.07) is 0. The third kappa shape index (κ3) is 24.8. The average Bonchev–Trinajstić information content (AvgIpc) is 1.68. The van der Waals surface area contributed by atoms with Crippen LogP contribution in [0.3, 0.4) is 0 Å². The van der Waals surface area contributed by atoms with Crippen molar-refractivity contribution in [3.8, 4) is 0 Å². The van der Waals surface area contributed by atoms with Crippen LogP contribution < -0.4 is 0 Å². The third-order valence-electron chi connectivity index (χ3n) is 0.400. The van der Waals surface area contributed by atoms with Gasteiger partial charge in [0.15, 0.2) is 0 Å². The summed E-state index contributed by atoms with van der Waals surface area (Å²) in [4.78, 5) is 19.5. The summed E-state index contributed by atoms with van der Waals surface area (Å²) in [5.41, 5.74) is 0. The Bertz CT molecular complexity index is 89.2. The molecule has 0 heterocycles. The Kier molecular flexibility index (Phi) is 19.1. The maximum atomic E-state index is 9.87. The summed E-state index contributed by atoms with van der Waals surface area (Å²) >= 11 is 0. The standard InChI is InChI=1S/C4H6O3.C2H5.Ti/c1-3(5)2-4(6)7;1-2;/h2H2,1H3,(H,6,7);1H2,2H3;/q;-1;. The van der Waals surface area contributed by atoms with Crippen molar-refractivity contribution < 1.29 is 36.4 Å². The van der Waals surface area contributed by atoms with E-state index in [1.165, 1.54) is 6.92 Å². The Balaban J connectivity index is -0.000000149. The fraction of sp³-hybridized carbons (Fsp3) is 0.500. The largest absolute Gasteiger partial charge is 0.481 e. The molecule has 0 radical (unpaired) electrons. The Morgan fingerprint density at radius 1 is 1.40 bits per heavy atom. The van der Waals surface area contributed by atoms with E-state index in [1.807, 2.05) is 0 Å². The van der Waals surface area contributed by atoms with Gasteiger partial charge in [-0.2, -0.15) is 6.92 Å². The predicted molar refractivity (Wildman–Crippen MR) is 34.0 cm³/mol. The van der Waals surface area contributed by atoms with Gasteiger partial charge in [-0.05, 0) is 6.92 Å². The van der Waals surface area contributed by atoms with E-state index in [2.05, 4.69) is 6.92 Å². The maximum Gasteiger partial charge on any atom is 0.310 e. The van der Waals surface area contributed by atoms with Crippen LogP contribution in [-0.4, -0.2) is 16.9 Å². The van der Waals surface area contributed by atoms with Gasteiger partial charge in [0.25, 0.3) is 0 Å². The number of carboxylic acid groups (broad SMARTS) is 1. The molecule has 0 aliphatic carbocycles. The quantitative estimate of drug-likeness (QED) is 0.389. The zero-order valence-electron chi connectivity index (χ0n) is 6.18. The number of carboxylic acids is 1. The molecule has 3 nitrogen and oxygen atoms in total. The third-order valence-corrected chi connectivity index (χ3v) is 0.400. The van der Waals surface area contributed by atoms with Gasteiger partial charge < -0.3 is 12.0 Å². The van der Waals surface area contributed by atoms with Crippen LogP contribution in [0.25, 0.3) is 0 Å². The molecule has 10 heavy (non-hydrogen) atoms. The van der Waals surface area contributed by atoms with Crippen LogP contribution in [0.2, 0.25) is 0 Å². The van der Waals surface area contributed by atoms with Crippen molar-refractivity contribution in [1.29, 1.82) is 0 Å². The minimum absolute atomic E-state index is 0. The van der Waals surface area contributed by atoms with Gasteiger partial charge in [-0.3, -0.25) is 9.59 Å². The summed E-state index contributed by atoms with van der Waals surface area (Å²) in [6.45, 7) is 6.24. The smallest absolute Gasteiger partial charge is 0.310 e. The Morgan fingerprint density at radius 3 is 1.70 bits per heavy atom. The van der Waals surface area contributed by atoms with Gasteiger partial charge >= 0.3 is 5.97 Å². The molecule has 0 aromatic heterocycles. The summed E-state index contributed by atoms with van der Waals surface area (Å²) < 4.78 is 0. The van der Waals surface area contributed by atoms with E-state index in [1.54, 1.807) is 6.92 Å². The van der Waals surface area contributed by atoms with Gasteiger partial charge in [-0.25, -0.2) is 0 Å². The molecule has 0 fully saturated rings. The van der Waals surface area contributed by atoms with E-state index in [0.717, 1.165) is 0 Å². The average molecular weight is 179 g/mol. The second kappa shape index (κ2) is 11.6. The Morgan fingerprint density at radius 2 is 1.70 bits per heavy atom. The van der Waals surface area contributed by atoms with E-state index in [0.29, 0.717) is 0 Å². The van der Waals surface area contributed by atoms with Crippen LogP contribution in [0.1, 0.15) is 20.3 Å². The fourth-order valence-corrected chi connectivity index (χ4v) is 0.213. The normalized spacial score (nSPS) is 6.30. The molecule has 0 unspecified atom stereocenters. The van der Waals surface area contributed by atoms with Gasteiger partial charge in [-0.15, -0.1) is 0 Å². The molecule has 0 aliphatic rings. The van der Waals surface area contributed by atoms with E-state index in [9.17, 15) is 9.59 Å². The molecule has 0 amide bonds. The van der Waals surface area contributed by atoms with Gasteiger partial charge in [0.05, 0.1) is 0 Å². The monoisotopic (exact) mass is 179 g/mol. The van der Waals surface area contributed by atoms with Crippen molar-refractivity contribution >= 4 is 11.8 Å². The van der Waals surface area contributed by atoms with E-state index >= 15 is 0 Å². The molecule has 58 valence electrons. The van der Waals surface area contributed by atoms with Crippen LogP contribution in [-0.2, 0) is 31.3 Å². The molecule has 0 aromatic rings. The van der Waals surface area contributed by atoms with Crippen LogP contribution in [0.4, 0.5) is 0 Å². The number of rotatable bonds is 2. The summed E-state index contributed by atoms with van der Waals surface area (Å²) in [7, 11) is 0. The molecule has 0 rings (SSSR count). The Labute approximate surface area is 75.7 Å². The molecule has 4 heteroatoms. The molecule has 0 aliphatic heterocycles. The second-order valence-corrected chi connectivity index (χ2v) is 1.27. The van der Waals surface area contributed by atoms with Gasteiger partial charge in [-0.1, -0.05) is 0 Å². The van der Waals surface area contributed by atoms with Crippen molar-refractivity contribution in [2.24, 2.45) is 0 Å². The first-order valence-electron chi connectivity index (χ1n) is 2.55. The first kappa shape index (κ1) is 16.4. The minimum Gasteiger partial charge on any atom is -0.481 e. The SMILES string of the molecule is CC(=O)CC(=O)O.[CH2-]C.[Ti]. The number of ketones is 1. The molecule has 0 atom stereocenters. The van der Waals surface area contributed by atoms with Crippen LogP contribution >= 0.6 is 0 Å². The zero-order chi connectivity index (χ0) is 7.86. The van der Waals surface area contributed by atoms with Crippen molar-refractivity contribution in [2.75, 3.05) is 0 Å². The van der Waals surface area contributed by atoms with Crippen LogP contribution in [0.15, 0.2) is 0 Å². The minimum atomic E-state index is -1.06. The van der Waals surface area contributed by atoms with Gasteiger partial charge in [0.2, 0.25) is 0 Å². The van der Waals surface area contributed by atoms with E-state index < -0.39 is 5.97 Å². The Hall–Kier alpha value is -0.146. The first-order chi connectivity index (χ1) is 4.13. The maximum absolute atomic E-state index is 9.87. The molecule has 0 bridgehead atoms. The predicted octanol–water partition coefficient (Wildman–Crippen LogP) is 0.888. The van der Waals surface area contributed by atoms with Crippen molar-refractivity contribution in [3.63, 3.8) is 0 Å². The van der Waals surface area contributed by atoms with E-state index in [-0.39, 0.29) is 33.9 Å². The molecule has 0 spiro atoms. The van der Waals surface area contributed by atoms with Gasteiger partial charge in [0, 0.05) is 21.7 Å². The molecular formula is C6H11O3Ti-. The molecule has 1 N–H and O–H groups in total. The number of aliphatic carboxylic acids is 1. The number of hydrogen-bond donors (Lipinski definition) is 1. The van der Waals surface area contributed by atoms with Crippen LogP contribution in [0.5, 0.6) is 0 Å². The number of carbonyl (C=O) groups is 2. The zero-order valence-corrected chi connectivity index (χ0v) is 7.74. The number of hydrogen-bond acceptors (Lipinski definition) is 2. The number of carbonyl (C=O) groups excluding carboxylic acids is 1. The summed E-state index contributed by atoms with van der Waals surface area (Å²) in [5, 5.41) is 7.86. The van der Waals surface area contributed by atoms with Crippen molar-refractivity contribution in [1.82, 2.24) is 0 Å². The summed E-state index contributed by atoms with van der Waals surface area (Å²) in [5.74, 6) is -1.37. The van der Waals surface area contributed by atoms with Crippen molar-refractivity contribution in [3.05, 3.63) is 6.92 Å². The van der Waals surface area contributed by atoms with Crippen LogP contribution in [0, 0.1) is 6.92 Å². The molecule has 0 aromatic carbocycles. The fourth-order valence-electron chi connectivity index (χ4n) is 0.213. The molecule has 0 saturated carbocycles. The van der Waals surface area contributed by atoms with Gasteiger partial charge in [0.1, 0.15) is 12.2 Å². The second-order valence-electron chi connectivity index (χ2n) is 1.27. The number of Topliss-reactive ketones (excluding diaryl/α,β-unsaturated/α-hetero) is 1. The topological polar surface area (TPSA) is 54.4 Å². The molecule has 0 saturated heterocycles. The summed E-state index contributed by atoms with van der Waals surface area (Å²) in [6.07, 6.45) is -0.361. The van der Waals surface area contributed by atoms with E-state index in [4.69, 9.17) is 5.11 Å². The van der Waals surface area contributed by atoms with Crippen molar-refractivity contribution in [2.45, 2.75) is 20.3 Å².